The summed E-state index contributed by atoms with van der Waals surface area (Å²) in [5.74, 6) is -0.144. The molecule has 1 N–H and O–H groups in total. The standard InChI is InChI=1S/C20H25FN2O2/c1-4-23(5-2)19(15-9-8-10-16(13-15)25-3)14-22-20(24)17-11-6-7-12-18(17)21/h6-13,19H,4-5,14H2,1-3H3,(H,22,24). The van der Waals surface area contributed by atoms with Crippen LogP contribution in [0.3, 0.4) is 0 Å². The first kappa shape index (κ1) is 18.9. The second-order valence-corrected chi connectivity index (χ2v) is 5.70. The van der Waals surface area contributed by atoms with E-state index in [4.69, 9.17) is 4.74 Å². The van der Waals surface area contributed by atoms with Crippen molar-refractivity contribution in [2.24, 2.45) is 0 Å². The summed E-state index contributed by atoms with van der Waals surface area (Å²) in [5, 5.41) is 2.86. The van der Waals surface area contributed by atoms with Crippen molar-refractivity contribution in [2.75, 3.05) is 26.7 Å². The number of halogens is 1. The third-order valence-electron chi connectivity index (χ3n) is 4.31. The Kier molecular flexibility index (Phi) is 6.95. The van der Waals surface area contributed by atoms with E-state index in [-0.39, 0.29) is 11.6 Å². The van der Waals surface area contributed by atoms with Crippen LogP contribution in [0, 0.1) is 5.82 Å². The fourth-order valence-electron chi connectivity index (χ4n) is 2.90. The molecular weight excluding hydrogens is 319 g/mol. The van der Waals surface area contributed by atoms with Crippen molar-refractivity contribution in [2.45, 2.75) is 19.9 Å². The van der Waals surface area contributed by atoms with Crippen LogP contribution >= 0.6 is 0 Å². The van der Waals surface area contributed by atoms with Crippen molar-refractivity contribution in [3.8, 4) is 5.75 Å². The maximum absolute atomic E-state index is 13.8. The van der Waals surface area contributed by atoms with Crippen molar-refractivity contribution >= 4 is 5.91 Å². The van der Waals surface area contributed by atoms with Gasteiger partial charge in [0.05, 0.1) is 18.7 Å². The Morgan fingerprint density at radius 3 is 2.52 bits per heavy atom. The second kappa shape index (κ2) is 9.18. The van der Waals surface area contributed by atoms with Crippen LogP contribution in [0.1, 0.15) is 35.8 Å². The normalized spacial score (nSPS) is 12.0. The fourth-order valence-corrected chi connectivity index (χ4v) is 2.90. The van der Waals surface area contributed by atoms with Gasteiger partial charge in [0, 0.05) is 6.54 Å². The monoisotopic (exact) mass is 344 g/mol. The summed E-state index contributed by atoms with van der Waals surface area (Å²) in [6.45, 7) is 6.23. The summed E-state index contributed by atoms with van der Waals surface area (Å²) in [7, 11) is 1.63. The molecule has 0 fully saturated rings. The maximum Gasteiger partial charge on any atom is 0.254 e. The van der Waals surface area contributed by atoms with E-state index < -0.39 is 11.7 Å². The molecule has 0 aliphatic carbocycles. The summed E-state index contributed by atoms with van der Waals surface area (Å²) < 4.78 is 19.1. The number of ether oxygens (including phenoxy) is 1. The molecule has 2 rings (SSSR count). The van der Waals surface area contributed by atoms with Crippen LogP contribution in [-0.4, -0.2) is 37.6 Å². The van der Waals surface area contributed by atoms with Gasteiger partial charge in [0.1, 0.15) is 11.6 Å². The SMILES string of the molecule is CCN(CC)C(CNC(=O)c1ccccc1F)c1cccc(OC)c1. The van der Waals surface area contributed by atoms with Gasteiger partial charge in [-0.3, -0.25) is 9.69 Å². The molecule has 2 aromatic carbocycles. The summed E-state index contributed by atoms with van der Waals surface area (Å²) >= 11 is 0. The molecule has 1 unspecified atom stereocenters. The van der Waals surface area contributed by atoms with Crippen LogP contribution in [0.25, 0.3) is 0 Å². The zero-order chi connectivity index (χ0) is 18.2. The zero-order valence-electron chi connectivity index (χ0n) is 15.0. The number of rotatable bonds is 8. The van der Waals surface area contributed by atoms with Crippen LogP contribution in [0.2, 0.25) is 0 Å². The van der Waals surface area contributed by atoms with Crippen LogP contribution in [0.5, 0.6) is 5.75 Å². The minimum Gasteiger partial charge on any atom is -0.497 e. The highest BCUT2D eigenvalue weighted by atomic mass is 19.1. The highest BCUT2D eigenvalue weighted by Crippen LogP contribution is 2.24. The van der Waals surface area contributed by atoms with E-state index in [1.165, 1.54) is 12.1 Å². The van der Waals surface area contributed by atoms with Gasteiger partial charge in [0.2, 0.25) is 0 Å². The lowest BCUT2D eigenvalue weighted by atomic mass is 10.0. The summed E-state index contributed by atoms with van der Waals surface area (Å²) in [4.78, 5) is 14.6. The number of methoxy groups -OCH3 is 1. The first-order chi connectivity index (χ1) is 12.1. The van der Waals surface area contributed by atoms with Crippen LogP contribution in [0.4, 0.5) is 4.39 Å². The molecule has 134 valence electrons. The molecule has 1 amide bonds. The number of likely N-dealkylation sites (N-methyl/N-ethyl adjacent to an activating group) is 1. The van der Waals surface area contributed by atoms with Gasteiger partial charge >= 0.3 is 0 Å². The molecule has 0 aliphatic heterocycles. The Balaban J connectivity index is 2.19. The van der Waals surface area contributed by atoms with E-state index in [1.807, 2.05) is 24.3 Å². The third-order valence-corrected chi connectivity index (χ3v) is 4.31. The van der Waals surface area contributed by atoms with Gasteiger partial charge in [0.25, 0.3) is 5.91 Å². The third kappa shape index (κ3) is 4.79. The lowest BCUT2D eigenvalue weighted by Gasteiger charge is -2.30. The van der Waals surface area contributed by atoms with Crippen molar-refractivity contribution in [1.29, 1.82) is 0 Å². The van der Waals surface area contributed by atoms with Crippen LogP contribution < -0.4 is 10.1 Å². The Morgan fingerprint density at radius 2 is 1.88 bits per heavy atom. The number of carbonyl (C=O) groups excluding carboxylic acids is 1. The molecule has 0 spiro atoms. The van der Waals surface area contributed by atoms with Gasteiger partial charge in [-0.1, -0.05) is 38.1 Å². The largest absolute Gasteiger partial charge is 0.497 e. The molecule has 0 bridgehead atoms. The second-order valence-electron chi connectivity index (χ2n) is 5.70. The molecular formula is C20H25FN2O2. The molecule has 2 aromatic rings. The van der Waals surface area contributed by atoms with Crippen molar-refractivity contribution < 1.29 is 13.9 Å². The Bertz CT molecular complexity index is 702. The lowest BCUT2D eigenvalue weighted by Crippen LogP contribution is -2.38. The number of nitrogens with zero attached hydrogens (tertiary/aromatic N) is 1. The first-order valence-corrected chi connectivity index (χ1v) is 8.51. The van der Waals surface area contributed by atoms with Gasteiger partial charge < -0.3 is 10.1 Å². The molecule has 0 radical (unpaired) electrons. The number of carbonyl (C=O) groups is 1. The maximum atomic E-state index is 13.8. The smallest absolute Gasteiger partial charge is 0.254 e. The zero-order valence-corrected chi connectivity index (χ0v) is 15.0. The molecule has 0 saturated heterocycles. The highest BCUT2D eigenvalue weighted by molar-refractivity contribution is 5.94. The quantitative estimate of drug-likeness (QED) is 0.795. The molecule has 0 aromatic heterocycles. The molecule has 25 heavy (non-hydrogen) atoms. The van der Waals surface area contributed by atoms with E-state index in [2.05, 4.69) is 24.1 Å². The molecule has 5 heteroatoms. The number of hydrogen-bond donors (Lipinski definition) is 1. The Labute approximate surface area is 148 Å². The van der Waals surface area contributed by atoms with Crippen molar-refractivity contribution in [1.82, 2.24) is 10.2 Å². The number of nitrogens with one attached hydrogen (secondary N) is 1. The van der Waals surface area contributed by atoms with Crippen LogP contribution in [-0.2, 0) is 0 Å². The van der Waals surface area contributed by atoms with Crippen molar-refractivity contribution in [3.63, 3.8) is 0 Å². The number of benzene rings is 2. The number of hydrogen-bond acceptors (Lipinski definition) is 3. The highest BCUT2D eigenvalue weighted by Gasteiger charge is 2.20. The molecule has 4 nitrogen and oxygen atoms in total. The van der Waals surface area contributed by atoms with Gasteiger partial charge in [-0.25, -0.2) is 4.39 Å². The average Bonchev–Trinajstić information content (AvgIpc) is 2.65. The predicted molar refractivity (Wildman–Crippen MR) is 97.4 cm³/mol. The first-order valence-electron chi connectivity index (χ1n) is 8.51. The molecule has 0 aliphatic rings. The minimum atomic E-state index is -0.513. The number of amides is 1. The van der Waals surface area contributed by atoms with Gasteiger partial charge in [-0.2, -0.15) is 0 Å². The van der Waals surface area contributed by atoms with E-state index in [0.717, 1.165) is 24.4 Å². The Hall–Kier alpha value is -2.40. The topological polar surface area (TPSA) is 41.6 Å². The Morgan fingerprint density at radius 1 is 1.16 bits per heavy atom. The van der Waals surface area contributed by atoms with E-state index in [9.17, 15) is 9.18 Å². The van der Waals surface area contributed by atoms with E-state index in [1.54, 1.807) is 19.2 Å². The van der Waals surface area contributed by atoms with E-state index in [0.29, 0.717) is 6.54 Å². The van der Waals surface area contributed by atoms with Gasteiger partial charge in [0.15, 0.2) is 0 Å². The van der Waals surface area contributed by atoms with Gasteiger partial charge in [-0.15, -0.1) is 0 Å². The summed E-state index contributed by atoms with van der Waals surface area (Å²) in [6.07, 6.45) is 0. The van der Waals surface area contributed by atoms with Crippen molar-refractivity contribution in [3.05, 3.63) is 65.5 Å². The predicted octanol–water partition coefficient (Wildman–Crippen LogP) is 3.65. The average molecular weight is 344 g/mol. The molecule has 0 heterocycles. The summed E-state index contributed by atoms with van der Waals surface area (Å²) in [5.41, 5.74) is 1.11. The fraction of sp³-hybridized carbons (Fsp3) is 0.350. The lowest BCUT2D eigenvalue weighted by molar-refractivity contribution is 0.0931. The van der Waals surface area contributed by atoms with Gasteiger partial charge in [-0.05, 0) is 42.9 Å². The van der Waals surface area contributed by atoms with E-state index >= 15 is 0 Å². The minimum absolute atomic E-state index is 0.0131. The summed E-state index contributed by atoms with van der Waals surface area (Å²) in [6, 6.07) is 13.8. The molecule has 0 saturated carbocycles. The molecule has 1 atom stereocenters. The van der Waals surface area contributed by atoms with Crippen LogP contribution in [0.15, 0.2) is 48.5 Å².